The van der Waals surface area contributed by atoms with E-state index in [1.807, 2.05) is 25.1 Å². The molecule has 7 nitrogen and oxygen atoms in total. The number of furan rings is 1. The molecule has 9 heteroatoms. The SMILES string of the molecule is CCNC(=NCc1ccc(S(C)(=O)=O)c(C)c1)NCCCOCc1ccco1.I. The molecule has 1 heterocycles. The van der Waals surface area contributed by atoms with Gasteiger partial charge in [0.1, 0.15) is 12.4 Å². The van der Waals surface area contributed by atoms with E-state index in [0.29, 0.717) is 24.7 Å². The molecule has 2 aromatic rings. The first-order valence-corrected chi connectivity index (χ1v) is 11.2. The fourth-order valence-electron chi connectivity index (χ4n) is 2.69. The lowest BCUT2D eigenvalue weighted by molar-refractivity contribution is 0.105. The number of benzene rings is 1. The largest absolute Gasteiger partial charge is 0.467 e. The van der Waals surface area contributed by atoms with E-state index in [9.17, 15) is 8.42 Å². The van der Waals surface area contributed by atoms with E-state index in [0.717, 1.165) is 42.4 Å². The summed E-state index contributed by atoms with van der Waals surface area (Å²) in [5.41, 5.74) is 1.70. The number of hydrogen-bond donors (Lipinski definition) is 2. The van der Waals surface area contributed by atoms with Gasteiger partial charge >= 0.3 is 0 Å². The van der Waals surface area contributed by atoms with Gasteiger partial charge in [0.15, 0.2) is 15.8 Å². The summed E-state index contributed by atoms with van der Waals surface area (Å²) >= 11 is 0. The molecule has 0 saturated carbocycles. The summed E-state index contributed by atoms with van der Waals surface area (Å²) in [7, 11) is -3.20. The van der Waals surface area contributed by atoms with Crippen molar-refractivity contribution >= 4 is 39.8 Å². The highest BCUT2D eigenvalue weighted by Gasteiger charge is 2.10. The summed E-state index contributed by atoms with van der Waals surface area (Å²) in [6, 6.07) is 9.05. The Hall–Kier alpha value is -1.59. The average molecular weight is 535 g/mol. The summed E-state index contributed by atoms with van der Waals surface area (Å²) in [4.78, 5) is 4.93. The Morgan fingerprint density at radius 3 is 2.66 bits per heavy atom. The summed E-state index contributed by atoms with van der Waals surface area (Å²) in [6.45, 7) is 6.87. The highest BCUT2D eigenvalue weighted by atomic mass is 127. The van der Waals surface area contributed by atoms with Crippen LogP contribution in [0.2, 0.25) is 0 Å². The van der Waals surface area contributed by atoms with Crippen LogP contribution in [0.15, 0.2) is 50.9 Å². The summed E-state index contributed by atoms with van der Waals surface area (Å²) in [6.07, 6.45) is 3.70. The van der Waals surface area contributed by atoms with Gasteiger partial charge in [-0.2, -0.15) is 0 Å². The zero-order chi connectivity index (χ0) is 20.4. The van der Waals surface area contributed by atoms with Crippen molar-refractivity contribution < 1.29 is 17.6 Å². The highest BCUT2D eigenvalue weighted by Crippen LogP contribution is 2.17. The number of guanidine groups is 1. The molecule has 0 atom stereocenters. The predicted molar refractivity (Wildman–Crippen MR) is 126 cm³/mol. The van der Waals surface area contributed by atoms with E-state index in [-0.39, 0.29) is 24.0 Å². The zero-order valence-corrected chi connectivity index (χ0v) is 20.3. The Bertz CT molecular complexity index is 868. The first-order chi connectivity index (χ1) is 13.4. The van der Waals surface area contributed by atoms with Gasteiger partial charge in [-0.1, -0.05) is 12.1 Å². The molecular weight excluding hydrogens is 505 g/mol. The number of rotatable bonds is 10. The van der Waals surface area contributed by atoms with Gasteiger partial charge in [0.25, 0.3) is 0 Å². The number of aliphatic imine (C=N–C) groups is 1. The van der Waals surface area contributed by atoms with E-state index < -0.39 is 9.84 Å². The van der Waals surface area contributed by atoms with Gasteiger partial charge in [0.2, 0.25) is 0 Å². The van der Waals surface area contributed by atoms with E-state index in [2.05, 4.69) is 15.6 Å². The molecule has 2 rings (SSSR count). The molecule has 0 saturated heterocycles. The third kappa shape index (κ3) is 9.18. The average Bonchev–Trinajstić information content (AvgIpc) is 3.15. The maximum atomic E-state index is 11.7. The minimum atomic E-state index is -3.20. The van der Waals surface area contributed by atoms with Gasteiger partial charge < -0.3 is 19.8 Å². The predicted octanol–water partition coefficient (Wildman–Crippen LogP) is 3.27. The van der Waals surface area contributed by atoms with Crippen LogP contribution in [0.3, 0.4) is 0 Å². The van der Waals surface area contributed by atoms with E-state index >= 15 is 0 Å². The van der Waals surface area contributed by atoms with Gasteiger partial charge in [-0.3, -0.25) is 0 Å². The van der Waals surface area contributed by atoms with E-state index in [1.165, 1.54) is 6.26 Å². The van der Waals surface area contributed by atoms with Crippen LogP contribution in [0.4, 0.5) is 0 Å². The molecule has 0 fully saturated rings. The van der Waals surface area contributed by atoms with Crippen molar-refractivity contribution in [1.29, 1.82) is 0 Å². The summed E-state index contributed by atoms with van der Waals surface area (Å²) in [5.74, 6) is 1.54. The molecule has 0 aliphatic rings. The molecule has 0 radical (unpaired) electrons. The zero-order valence-electron chi connectivity index (χ0n) is 17.1. The monoisotopic (exact) mass is 535 g/mol. The molecule has 0 aliphatic heterocycles. The van der Waals surface area contributed by atoms with Crippen LogP contribution >= 0.6 is 24.0 Å². The molecule has 2 N–H and O–H groups in total. The van der Waals surface area contributed by atoms with Gasteiger partial charge in [-0.25, -0.2) is 13.4 Å². The smallest absolute Gasteiger partial charge is 0.191 e. The fourth-order valence-corrected chi connectivity index (χ4v) is 3.65. The first-order valence-electron chi connectivity index (χ1n) is 9.32. The lowest BCUT2D eigenvalue weighted by atomic mass is 10.1. The Balaban J connectivity index is 0.00000420. The topological polar surface area (TPSA) is 92.9 Å². The number of sulfone groups is 1. The number of nitrogens with zero attached hydrogens (tertiary/aromatic N) is 1. The third-order valence-electron chi connectivity index (χ3n) is 3.99. The van der Waals surface area contributed by atoms with E-state index in [1.54, 1.807) is 25.3 Å². The molecule has 0 amide bonds. The fraction of sp³-hybridized carbons (Fsp3) is 0.450. The van der Waals surface area contributed by atoms with Crippen LogP contribution in [-0.2, 0) is 27.7 Å². The Labute approximate surface area is 190 Å². The Kier molecular flexibility index (Phi) is 11.3. The minimum Gasteiger partial charge on any atom is -0.467 e. The Morgan fingerprint density at radius 2 is 2.03 bits per heavy atom. The molecule has 0 bridgehead atoms. The van der Waals surface area contributed by atoms with Crippen LogP contribution in [0.5, 0.6) is 0 Å². The minimum absolute atomic E-state index is 0. The molecule has 29 heavy (non-hydrogen) atoms. The molecule has 162 valence electrons. The highest BCUT2D eigenvalue weighted by molar-refractivity contribution is 14.0. The summed E-state index contributed by atoms with van der Waals surface area (Å²) < 4.78 is 34.2. The van der Waals surface area contributed by atoms with Crippen molar-refractivity contribution in [2.75, 3.05) is 26.0 Å². The third-order valence-corrected chi connectivity index (χ3v) is 5.24. The molecule has 1 aromatic heterocycles. The number of ether oxygens (including phenoxy) is 1. The molecular formula is C20H30IN3O4S. The second kappa shape index (κ2) is 12.9. The van der Waals surface area contributed by atoms with Gasteiger partial charge in [0.05, 0.1) is 17.7 Å². The van der Waals surface area contributed by atoms with E-state index in [4.69, 9.17) is 9.15 Å². The molecule has 0 spiro atoms. The van der Waals surface area contributed by atoms with Crippen LogP contribution in [0, 0.1) is 6.92 Å². The van der Waals surface area contributed by atoms with Crippen molar-refractivity contribution in [1.82, 2.24) is 10.6 Å². The van der Waals surface area contributed by atoms with Crippen LogP contribution in [0.1, 0.15) is 30.2 Å². The number of nitrogens with one attached hydrogen (secondary N) is 2. The van der Waals surface area contributed by atoms with Crippen LogP contribution in [-0.4, -0.2) is 40.3 Å². The van der Waals surface area contributed by atoms with Crippen LogP contribution < -0.4 is 10.6 Å². The van der Waals surface area contributed by atoms with Crippen molar-refractivity contribution in [2.45, 2.75) is 38.3 Å². The lowest BCUT2D eigenvalue weighted by Gasteiger charge is -2.12. The van der Waals surface area contributed by atoms with Crippen molar-refractivity contribution in [3.63, 3.8) is 0 Å². The number of halogens is 1. The number of aryl methyl sites for hydroxylation is 1. The van der Waals surface area contributed by atoms with Gasteiger partial charge in [-0.05, 0) is 49.6 Å². The maximum absolute atomic E-state index is 11.7. The van der Waals surface area contributed by atoms with Crippen LogP contribution in [0.25, 0.3) is 0 Å². The second-order valence-corrected chi connectivity index (χ2v) is 8.46. The normalized spacial score (nSPS) is 11.8. The Morgan fingerprint density at radius 1 is 1.24 bits per heavy atom. The number of hydrogen-bond acceptors (Lipinski definition) is 5. The first kappa shape index (κ1) is 25.4. The summed E-state index contributed by atoms with van der Waals surface area (Å²) in [5, 5.41) is 6.48. The van der Waals surface area contributed by atoms with Gasteiger partial charge in [-0.15, -0.1) is 24.0 Å². The second-order valence-electron chi connectivity index (χ2n) is 6.48. The van der Waals surface area contributed by atoms with Crippen molar-refractivity contribution in [2.24, 2.45) is 4.99 Å². The molecule has 1 aromatic carbocycles. The quantitative estimate of drug-likeness (QED) is 0.210. The van der Waals surface area contributed by atoms with Crippen molar-refractivity contribution in [3.8, 4) is 0 Å². The molecule has 0 aliphatic carbocycles. The van der Waals surface area contributed by atoms with Crippen molar-refractivity contribution in [3.05, 3.63) is 53.5 Å². The maximum Gasteiger partial charge on any atom is 0.191 e. The standard InChI is InChI=1S/C20H29N3O4S.HI/c1-4-21-20(22-10-6-11-26-15-18-7-5-12-27-18)23-14-17-8-9-19(16(2)13-17)28(3,24)25;/h5,7-9,12-13H,4,6,10-11,14-15H2,1-3H3,(H2,21,22,23);1H. The molecule has 0 unspecified atom stereocenters. The van der Waals surface area contributed by atoms with Gasteiger partial charge in [0, 0.05) is 26.0 Å². The lowest BCUT2D eigenvalue weighted by Crippen LogP contribution is -2.38.